The lowest BCUT2D eigenvalue weighted by atomic mass is 10.1. The van der Waals surface area contributed by atoms with Gasteiger partial charge in [-0.3, -0.25) is 0 Å². The molecule has 96 valence electrons. The van der Waals surface area contributed by atoms with Gasteiger partial charge in [-0.05, 0) is 11.6 Å². The number of benzene rings is 2. The van der Waals surface area contributed by atoms with Crippen molar-refractivity contribution in [3.63, 3.8) is 0 Å². The monoisotopic (exact) mass is 251 g/mol. The molecule has 0 radical (unpaired) electrons. The van der Waals surface area contributed by atoms with Gasteiger partial charge in [0.05, 0.1) is 6.54 Å². The molecule has 0 unspecified atom stereocenters. The first kappa shape index (κ1) is 12.0. The molecule has 3 aromatic rings. The number of para-hydroxylation sites is 1. The Morgan fingerprint density at radius 2 is 1.68 bits per heavy atom. The average molecular weight is 251 g/mol. The zero-order valence-corrected chi connectivity index (χ0v) is 11.0. The molecule has 1 aromatic heterocycles. The van der Waals surface area contributed by atoms with E-state index in [4.69, 9.17) is 0 Å². The Balaban J connectivity index is 1.55. The minimum Gasteiger partial charge on any atom is -0.361 e. The van der Waals surface area contributed by atoms with Crippen LogP contribution >= 0.6 is 0 Å². The van der Waals surface area contributed by atoms with Crippen molar-refractivity contribution in [2.75, 3.05) is 6.54 Å². The molecule has 0 fully saturated rings. The fraction of sp³-hybridized carbons (Fsp3) is 0.176. The van der Waals surface area contributed by atoms with Crippen molar-refractivity contribution < 1.29 is 5.32 Å². The van der Waals surface area contributed by atoms with Gasteiger partial charge < -0.3 is 10.3 Å². The van der Waals surface area contributed by atoms with Crippen LogP contribution in [0.2, 0.25) is 0 Å². The van der Waals surface area contributed by atoms with Crippen LogP contribution in [0.25, 0.3) is 10.9 Å². The summed E-state index contributed by atoms with van der Waals surface area (Å²) in [4.78, 5) is 3.33. The second kappa shape index (κ2) is 5.72. The maximum Gasteiger partial charge on any atom is 0.103 e. The van der Waals surface area contributed by atoms with Crippen LogP contribution in [0.3, 0.4) is 0 Å². The summed E-state index contributed by atoms with van der Waals surface area (Å²) in [7, 11) is 0. The maximum absolute atomic E-state index is 3.33. The molecule has 0 amide bonds. The summed E-state index contributed by atoms with van der Waals surface area (Å²) < 4.78 is 0. The molecular formula is C17H19N2+. The summed E-state index contributed by atoms with van der Waals surface area (Å²) in [6.45, 7) is 2.17. The zero-order chi connectivity index (χ0) is 12.9. The molecule has 0 aliphatic carbocycles. The third-order valence-corrected chi connectivity index (χ3v) is 3.52. The molecule has 0 bridgehead atoms. The smallest absolute Gasteiger partial charge is 0.103 e. The number of nitrogens with one attached hydrogen (secondary N) is 1. The number of hydrogen-bond donors (Lipinski definition) is 2. The van der Waals surface area contributed by atoms with Gasteiger partial charge in [-0.25, -0.2) is 0 Å². The van der Waals surface area contributed by atoms with Gasteiger partial charge in [0.2, 0.25) is 0 Å². The summed E-state index contributed by atoms with van der Waals surface area (Å²) in [5.41, 5.74) is 4.04. The van der Waals surface area contributed by atoms with Gasteiger partial charge in [0.15, 0.2) is 0 Å². The Hall–Kier alpha value is -2.06. The molecular weight excluding hydrogens is 232 g/mol. The van der Waals surface area contributed by atoms with E-state index >= 15 is 0 Å². The molecule has 0 saturated heterocycles. The van der Waals surface area contributed by atoms with Gasteiger partial charge in [-0.1, -0.05) is 48.5 Å². The molecule has 2 heteroatoms. The summed E-state index contributed by atoms with van der Waals surface area (Å²) in [5.74, 6) is 0. The van der Waals surface area contributed by atoms with Crippen LogP contribution in [0.5, 0.6) is 0 Å². The minimum absolute atomic E-state index is 1.04. The zero-order valence-electron chi connectivity index (χ0n) is 11.0. The number of rotatable bonds is 5. The highest BCUT2D eigenvalue weighted by molar-refractivity contribution is 5.82. The maximum atomic E-state index is 3.33. The van der Waals surface area contributed by atoms with Crippen molar-refractivity contribution >= 4 is 10.9 Å². The van der Waals surface area contributed by atoms with E-state index in [1.807, 2.05) is 0 Å². The lowest BCUT2D eigenvalue weighted by molar-refractivity contribution is -0.669. The SMILES string of the molecule is c1ccc(CC[NH2+]Cc2c[nH]c3ccccc23)cc1. The van der Waals surface area contributed by atoms with Gasteiger partial charge in [-0.2, -0.15) is 0 Å². The van der Waals surface area contributed by atoms with E-state index < -0.39 is 0 Å². The van der Waals surface area contributed by atoms with E-state index in [0.717, 1.165) is 19.5 Å². The molecule has 2 nitrogen and oxygen atoms in total. The second-order valence-electron chi connectivity index (χ2n) is 4.88. The van der Waals surface area contributed by atoms with Crippen molar-refractivity contribution in [1.29, 1.82) is 0 Å². The Labute approximate surface area is 113 Å². The lowest BCUT2D eigenvalue weighted by Gasteiger charge is -2.01. The first-order valence-electron chi connectivity index (χ1n) is 6.84. The minimum atomic E-state index is 1.04. The first-order chi connectivity index (χ1) is 9.43. The third-order valence-electron chi connectivity index (χ3n) is 3.52. The van der Waals surface area contributed by atoms with E-state index in [1.54, 1.807) is 0 Å². The van der Waals surface area contributed by atoms with Crippen LogP contribution in [0.4, 0.5) is 0 Å². The Morgan fingerprint density at radius 3 is 2.58 bits per heavy atom. The molecule has 0 spiro atoms. The highest BCUT2D eigenvalue weighted by atomic mass is 14.9. The van der Waals surface area contributed by atoms with Crippen LogP contribution in [-0.2, 0) is 13.0 Å². The van der Waals surface area contributed by atoms with Crippen LogP contribution in [0, 0.1) is 0 Å². The van der Waals surface area contributed by atoms with Crippen molar-refractivity contribution in [1.82, 2.24) is 4.98 Å². The van der Waals surface area contributed by atoms with E-state index in [2.05, 4.69) is 71.1 Å². The average Bonchev–Trinajstić information content (AvgIpc) is 2.88. The number of aromatic nitrogens is 1. The summed E-state index contributed by atoms with van der Waals surface area (Å²) in [6.07, 6.45) is 3.26. The molecule has 3 rings (SSSR count). The summed E-state index contributed by atoms with van der Waals surface area (Å²) in [5, 5.41) is 3.72. The number of H-pyrrole nitrogens is 1. The number of hydrogen-bond acceptors (Lipinski definition) is 0. The van der Waals surface area contributed by atoms with E-state index in [9.17, 15) is 0 Å². The normalized spacial score (nSPS) is 10.9. The predicted octanol–water partition coefficient (Wildman–Crippen LogP) is 2.47. The van der Waals surface area contributed by atoms with Crippen molar-refractivity contribution in [3.8, 4) is 0 Å². The van der Waals surface area contributed by atoms with Gasteiger partial charge >= 0.3 is 0 Å². The Kier molecular flexibility index (Phi) is 3.61. The van der Waals surface area contributed by atoms with Crippen LogP contribution in [0.15, 0.2) is 60.8 Å². The van der Waals surface area contributed by atoms with Gasteiger partial charge in [0.25, 0.3) is 0 Å². The highest BCUT2D eigenvalue weighted by Crippen LogP contribution is 2.16. The summed E-state index contributed by atoms with van der Waals surface area (Å²) in [6, 6.07) is 19.2. The molecule has 0 atom stereocenters. The van der Waals surface area contributed by atoms with Crippen LogP contribution < -0.4 is 5.32 Å². The quantitative estimate of drug-likeness (QED) is 0.653. The van der Waals surface area contributed by atoms with E-state index in [1.165, 1.54) is 22.0 Å². The largest absolute Gasteiger partial charge is 0.361 e. The topological polar surface area (TPSA) is 32.4 Å². The fourth-order valence-electron chi connectivity index (χ4n) is 2.47. The van der Waals surface area contributed by atoms with Gasteiger partial charge in [-0.15, -0.1) is 0 Å². The van der Waals surface area contributed by atoms with Gasteiger partial charge in [0.1, 0.15) is 6.54 Å². The Bertz CT molecular complexity index is 640. The number of fused-ring (bicyclic) bond motifs is 1. The molecule has 19 heavy (non-hydrogen) atoms. The molecule has 0 saturated carbocycles. The van der Waals surface area contributed by atoms with Crippen LogP contribution in [-0.4, -0.2) is 11.5 Å². The number of aromatic amines is 1. The fourth-order valence-corrected chi connectivity index (χ4v) is 2.47. The van der Waals surface area contributed by atoms with Crippen molar-refractivity contribution in [2.24, 2.45) is 0 Å². The van der Waals surface area contributed by atoms with E-state index in [-0.39, 0.29) is 0 Å². The highest BCUT2D eigenvalue weighted by Gasteiger charge is 2.03. The van der Waals surface area contributed by atoms with Crippen molar-refractivity contribution in [3.05, 3.63) is 71.9 Å². The van der Waals surface area contributed by atoms with E-state index in [0.29, 0.717) is 0 Å². The van der Waals surface area contributed by atoms with Gasteiger partial charge in [0, 0.05) is 29.1 Å². The standard InChI is InChI=1S/C17H18N2/c1-2-6-14(7-3-1)10-11-18-12-15-13-19-17-9-5-4-8-16(15)17/h1-9,13,18-19H,10-12H2/p+1. The molecule has 2 aromatic carbocycles. The third kappa shape index (κ3) is 2.85. The number of nitrogens with two attached hydrogens (primary N) is 1. The van der Waals surface area contributed by atoms with Crippen molar-refractivity contribution in [2.45, 2.75) is 13.0 Å². The lowest BCUT2D eigenvalue weighted by Crippen LogP contribution is -2.83. The first-order valence-corrected chi connectivity index (χ1v) is 6.84. The summed E-state index contributed by atoms with van der Waals surface area (Å²) >= 11 is 0. The molecule has 3 N–H and O–H groups in total. The molecule has 0 aliphatic rings. The Morgan fingerprint density at radius 1 is 0.895 bits per heavy atom. The molecule has 1 heterocycles. The predicted molar refractivity (Wildman–Crippen MR) is 78.9 cm³/mol. The number of quaternary nitrogens is 1. The molecule has 0 aliphatic heterocycles. The van der Waals surface area contributed by atoms with Crippen LogP contribution in [0.1, 0.15) is 11.1 Å². The second-order valence-corrected chi connectivity index (χ2v) is 4.88.